The van der Waals surface area contributed by atoms with Gasteiger partial charge < -0.3 is 20.7 Å². The predicted octanol–water partition coefficient (Wildman–Crippen LogP) is 0.377. The van der Waals surface area contributed by atoms with Crippen molar-refractivity contribution in [2.24, 2.45) is 5.73 Å². The zero-order valence-corrected chi connectivity index (χ0v) is 12.0. The molecule has 0 saturated carbocycles. The van der Waals surface area contributed by atoms with Crippen LogP contribution in [0, 0.1) is 0 Å². The molecule has 2 heterocycles. The van der Waals surface area contributed by atoms with Crippen LogP contribution in [0.25, 0.3) is 0 Å². The first kappa shape index (κ1) is 14.7. The van der Waals surface area contributed by atoms with Crippen LogP contribution in [-0.4, -0.2) is 53.6 Å². The van der Waals surface area contributed by atoms with Gasteiger partial charge in [0.2, 0.25) is 5.91 Å². The second kappa shape index (κ2) is 7.16. The monoisotopic (exact) mass is 294 g/mol. The van der Waals surface area contributed by atoms with Gasteiger partial charge in [-0.2, -0.15) is 0 Å². The maximum atomic E-state index is 12.0. The highest BCUT2D eigenvalue weighted by atomic mass is 32.1. The fourth-order valence-electron chi connectivity index (χ4n) is 2.00. The summed E-state index contributed by atoms with van der Waals surface area (Å²) in [5, 5.41) is 3.11. The molecule has 0 spiro atoms. The highest BCUT2D eigenvalue weighted by Crippen LogP contribution is 2.11. The zero-order valence-electron chi connectivity index (χ0n) is 11.2. The number of nitrogens with two attached hydrogens (primary N) is 1. The summed E-state index contributed by atoms with van der Waals surface area (Å²) in [7, 11) is 0. The Balaban J connectivity index is 1.83. The lowest BCUT2D eigenvalue weighted by atomic mass is 10.2. The molecule has 2 rings (SSSR count). The number of hydrogen-bond acceptors (Lipinski definition) is 5. The first-order valence-corrected chi connectivity index (χ1v) is 6.93. The van der Waals surface area contributed by atoms with Crippen LogP contribution in [0.3, 0.4) is 0 Å². The summed E-state index contributed by atoms with van der Waals surface area (Å²) in [6, 6.07) is 3.58. The summed E-state index contributed by atoms with van der Waals surface area (Å²) in [6.45, 7) is 3.07. The Morgan fingerprint density at radius 2 is 2.25 bits per heavy atom. The SMILES string of the molecule is NC(=S)c1cccnc1NCCC(=O)N1CCOCC1. The van der Waals surface area contributed by atoms with Gasteiger partial charge in [-0.1, -0.05) is 12.2 Å². The number of carbonyl (C=O) groups is 1. The minimum Gasteiger partial charge on any atom is -0.389 e. The number of thiocarbonyl (C=S) groups is 1. The van der Waals surface area contributed by atoms with Crippen molar-refractivity contribution in [3.63, 3.8) is 0 Å². The van der Waals surface area contributed by atoms with E-state index in [9.17, 15) is 4.79 Å². The molecule has 6 nitrogen and oxygen atoms in total. The fraction of sp³-hybridized carbons (Fsp3) is 0.462. The summed E-state index contributed by atoms with van der Waals surface area (Å²) in [5.74, 6) is 0.739. The lowest BCUT2D eigenvalue weighted by Gasteiger charge is -2.26. The maximum absolute atomic E-state index is 12.0. The molecule has 1 amide bonds. The number of amides is 1. The number of anilines is 1. The molecule has 0 bridgehead atoms. The van der Waals surface area contributed by atoms with Crippen molar-refractivity contribution in [2.45, 2.75) is 6.42 Å². The summed E-state index contributed by atoms with van der Waals surface area (Å²) in [5.41, 5.74) is 6.32. The van der Waals surface area contributed by atoms with Gasteiger partial charge in [0.1, 0.15) is 10.8 Å². The molecule has 7 heteroatoms. The van der Waals surface area contributed by atoms with E-state index in [1.165, 1.54) is 0 Å². The lowest BCUT2D eigenvalue weighted by Crippen LogP contribution is -2.41. The highest BCUT2D eigenvalue weighted by molar-refractivity contribution is 7.80. The first-order chi connectivity index (χ1) is 9.68. The molecule has 1 fully saturated rings. The molecule has 3 N–H and O–H groups in total. The number of aromatic nitrogens is 1. The predicted molar refractivity (Wildman–Crippen MR) is 80.6 cm³/mol. The molecule has 1 aromatic heterocycles. The maximum Gasteiger partial charge on any atom is 0.224 e. The number of pyridine rings is 1. The summed E-state index contributed by atoms with van der Waals surface area (Å²) < 4.78 is 5.22. The third kappa shape index (κ3) is 3.88. The van der Waals surface area contributed by atoms with Gasteiger partial charge in [0.25, 0.3) is 0 Å². The average molecular weight is 294 g/mol. The number of morpholine rings is 1. The van der Waals surface area contributed by atoms with E-state index in [0.29, 0.717) is 55.6 Å². The summed E-state index contributed by atoms with van der Waals surface area (Å²) in [4.78, 5) is 18.3. The first-order valence-electron chi connectivity index (χ1n) is 6.52. The van der Waals surface area contributed by atoms with Crippen molar-refractivity contribution in [1.82, 2.24) is 9.88 Å². The highest BCUT2D eigenvalue weighted by Gasteiger charge is 2.16. The quantitative estimate of drug-likeness (QED) is 0.764. The van der Waals surface area contributed by atoms with E-state index in [1.807, 2.05) is 11.0 Å². The van der Waals surface area contributed by atoms with Gasteiger partial charge in [-0.05, 0) is 12.1 Å². The Bertz CT molecular complexity index is 489. The van der Waals surface area contributed by atoms with Crippen molar-refractivity contribution in [3.8, 4) is 0 Å². The third-order valence-corrected chi connectivity index (χ3v) is 3.29. The van der Waals surface area contributed by atoms with Gasteiger partial charge in [-0.15, -0.1) is 0 Å². The molecule has 1 saturated heterocycles. The Kier molecular flexibility index (Phi) is 5.25. The number of carbonyl (C=O) groups excluding carboxylic acids is 1. The molecule has 0 atom stereocenters. The third-order valence-electron chi connectivity index (χ3n) is 3.07. The van der Waals surface area contributed by atoms with Gasteiger partial charge >= 0.3 is 0 Å². The van der Waals surface area contributed by atoms with Crippen molar-refractivity contribution in [2.75, 3.05) is 38.2 Å². The van der Waals surface area contributed by atoms with E-state index < -0.39 is 0 Å². The van der Waals surface area contributed by atoms with Crippen LogP contribution in [0.4, 0.5) is 5.82 Å². The van der Waals surface area contributed by atoms with Gasteiger partial charge in [0, 0.05) is 32.3 Å². The minimum absolute atomic E-state index is 0.119. The van der Waals surface area contributed by atoms with Gasteiger partial charge in [-0.3, -0.25) is 4.79 Å². The van der Waals surface area contributed by atoms with E-state index in [-0.39, 0.29) is 5.91 Å². The van der Waals surface area contributed by atoms with Crippen LogP contribution in [-0.2, 0) is 9.53 Å². The van der Waals surface area contributed by atoms with Crippen LogP contribution in [0.5, 0.6) is 0 Å². The molecule has 20 heavy (non-hydrogen) atoms. The van der Waals surface area contributed by atoms with E-state index in [2.05, 4.69) is 10.3 Å². The molecule has 108 valence electrons. The van der Waals surface area contributed by atoms with Crippen LogP contribution in [0.2, 0.25) is 0 Å². The normalized spacial score (nSPS) is 14.9. The molecule has 1 aliphatic heterocycles. The second-order valence-electron chi connectivity index (χ2n) is 4.43. The Morgan fingerprint density at radius 3 is 2.95 bits per heavy atom. The Morgan fingerprint density at radius 1 is 1.50 bits per heavy atom. The van der Waals surface area contributed by atoms with Crippen LogP contribution >= 0.6 is 12.2 Å². The number of rotatable bonds is 5. The van der Waals surface area contributed by atoms with Crippen molar-refractivity contribution < 1.29 is 9.53 Å². The van der Waals surface area contributed by atoms with E-state index in [1.54, 1.807) is 12.3 Å². The molecule has 1 aliphatic rings. The topological polar surface area (TPSA) is 80.5 Å². The summed E-state index contributed by atoms with van der Waals surface area (Å²) in [6.07, 6.45) is 2.07. The molecule has 0 aliphatic carbocycles. The van der Waals surface area contributed by atoms with Gasteiger partial charge in [0.15, 0.2) is 0 Å². The number of nitrogens with zero attached hydrogens (tertiary/aromatic N) is 2. The van der Waals surface area contributed by atoms with Crippen molar-refractivity contribution in [3.05, 3.63) is 23.9 Å². The van der Waals surface area contributed by atoms with Crippen LogP contribution in [0.15, 0.2) is 18.3 Å². The Labute approximate surface area is 123 Å². The smallest absolute Gasteiger partial charge is 0.224 e. The second-order valence-corrected chi connectivity index (χ2v) is 4.87. The number of nitrogens with one attached hydrogen (secondary N) is 1. The fourth-order valence-corrected chi connectivity index (χ4v) is 2.17. The number of hydrogen-bond donors (Lipinski definition) is 2. The number of ether oxygens (including phenoxy) is 1. The molecule has 1 aromatic rings. The van der Waals surface area contributed by atoms with Crippen molar-refractivity contribution in [1.29, 1.82) is 0 Å². The zero-order chi connectivity index (χ0) is 14.4. The Hall–Kier alpha value is -1.73. The summed E-state index contributed by atoms with van der Waals surface area (Å²) >= 11 is 4.96. The molecule has 0 radical (unpaired) electrons. The molecule has 0 unspecified atom stereocenters. The van der Waals surface area contributed by atoms with Crippen molar-refractivity contribution >= 4 is 28.9 Å². The molecule has 0 aromatic carbocycles. The van der Waals surface area contributed by atoms with E-state index in [0.717, 1.165) is 0 Å². The molecular formula is C13H18N4O2S. The standard InChI is InChI=1S/C13H18N4O2S/c14-12(20)10-2-1-4-15-13(10)16-5-3-11(18)17-6-8-19-9-7-17/h1-2,4H,3,5-9H2,(H2,14,20)(H,15,16). The van der Waals surface area contributed by atoms with Gasteiger partial charge in [0.05, 0.1) is 18.8 Å². The molecular weight excluding hydrogens is 276 g/mol. The van der Waals surface area contributed by atoms with E-state index in [4.69, 9.17) is 22.7 Å². The average Bonchev–Trinajstić information content (AvgIpc) is 2.48. The van der Waals surface area contributed by atoms with Crippen LogP contribution in [0.1, 0.15) is 12.0 Å². The van der Waals surface area contributed by atoms with E-state index >= 15 is 0 Å². The van der Waals surface area contributed by atoms with Gasteiger partial charge in [-0.25, -0.2) is 4.98 Å². The minimum atomic E-state index is 0.119. The van der Waals surface area contributed by atoms with Crippen LogP contribution < -0.4 is 11.1 Å². The largest absolute Gasteiger partial charge is 0.389 e. The lowest BCUT2D eigenvalue weighted by molar-refractivity contribution is -0.134.